The molecule has 2 amide bonds. The molecule has 4 rings (SSSR count). The highest BCUT2D eigenvalue weighted by atomic mass is 79.9. The van der Waals surface area contributed by atoms with E-state index in [4.69, 9.17) is 9.57 Å². The Hall–Kier alpha value is -1.73. The number of ether oxygens (including phenoxy) is 1. The predicted octanol–water partition coefficient (Wildman–Crippen LogP) is 2.97. The van der Waals surface area contributed by atoms with E-state index in [-0.39, 0.29) is 37.6 Å². The average Bonchev–Trinajstić information content (AvgIpc) is 3.42. The number of nitrogens with zero attached hydrogens (tertiary/aromatic N) is 2. The summed E-state index contributed by atoms with van der Waals surface area (Å²) in [4.78, 5) is 33.6. The molecule has 0 radical (unpaired) electrons. The topological polar surface area (TPSA) is 107 Å². The summed E-state index contributed by atoms with van der Waals surface area (Å²) in [5.74, 6) is -1.00. The summed E-state index contributed by atoms with van der Waals surface area (Å²) in [7, 11) is -2.03. The number of carbonyl (C=O) groups is 2. The summed E-state index contributed by atoms with van der Waals surface area (Å²) in [6, 6.07) is 7.00. The van der Waals surface area contributed by atoms with Crippen LogP contribution in [0.2, 0.25) is 0 Å². The molecular formula is C22H28BrN3O6S2. The van der Waals surface area contributed by atoms with Crippen molar-refractivity contribution in [2.45, 2.75) is 43.1 Å². The Kier molecular flexibility index (Phi) is 7.82. The second-order valence-corrected chi connectivity index (χ2v) is 13.5. The number of amides is 2. The SMILES string of the molecule is Cn1cccc1C(=O)N1CCC(CC(=O)NOC2CCCCO2)(c2ccc(Br)s2)S(=O)(=O)CC1. The molecule has 2 aliphatic rings. The highest BCUT2D eigenvalue weighted by molar-refractivity contribution is 9.11. The van der Waals surface area contributed by atoms with Gasteiger partial charge in [-0.2, -0.15) is 0 Å². The van der Waals surface area contributed by atoms with Crippen molar-refractivity contribution < 1.29 is 27.6 Å². The van der Waals surface area contributed by atoms with Crippen LogP contribution in [0.1, 0.15) is 47.5 Å². The monoisotopic (exact) mass is 573 g/mol. The maximum atomic E-state index is 13.7. The molecule has 1 N–H and O–H groups in total. The van der Waals surface area contributed by atoms with E-state index in [0.717, 1.165) is 16.6 Å². The van der Waals surface area contributed by atoms with Crippen LogP contribution in [0.25, 0.3) is 0 Å². The third-order valence-corrected chi connectivity index (χ3v) is 10.8. The van der Waals surface area contributed by atoms with Gasteiger partial charge in [-0.05, 0) is 59.5 Å². The summed E-state index contributed by atoms with van der Waals surface area (Å²) in [6.45, 7) is 0.834. The number of hydroxylamine groups is 1. The first kappa shape index (κ1) is 25.4. The Labute approximate surface area is 211 Å². The number of carbonyl (C=O) groups excluding carboxylic acids is 2. The van der Waals surface area contributed by atoms with E-state index in [1.54, 1.807) is 47.0 Å². The number of hydrogen-bond acceptors (Lipinski definition) is 7. The number of rotatable bonds is 6. The van der Waals surface area contributed by atoms with E-state index in [1.807, 2.05) is 0 Å². The Morgan fingerprint density at radius 1 is 1.29 bits per heavy atom. The molecule has 0 spiro atoms. The van der Waals surface area contributed by atoms with Gasteiger partial charge in [-0.1, -0.05) is 0 Å². The van der Waals surface area contributed by atoms with Gasteiger partial charge in [0.1, 0.15) is 10.4 Å². The highest BCUT2D eigenvalue weighted by Crippen LogP contribution is 2.44. The minimum atomic E-state index is -3.80. The van der Waals surface area contributed by atoms with Gasteiger partial charge < -0.3 is 14.2 Å². The first-order valence-corrected chi connectivity index (χ1v) is 14.4. The minimum absolute atomic E-state index is 0.0642. The van der Waals surface area contributed by atoms with Gasteiger partial charge in [-0.25, -0.2) is 18.7 Å². The van der Waals surface area contributed by atoms with Crippen LogP contribution < -0.4 is 5.48 Å². The molecule has 2 saturated heterocycles. The van der Waals surface area contributed by atoms with Crippen LogP contribution in [0.5, 0.6) is 0 Å². The van der Waals surface area contributed by atoms with E-state index in [1.165, 1.54) is 11.3 Å². The Balaban J connectivity index is 1.57. The second kappa shape index (κ2) is 10.5. The third kappa shape index (κ3) is 5.25. The molecule has 2 atom stereocenters. The molecule has 0 bridgehead atoms. The number of aromatic nitrogens is 1. The van der Waals surface area contributed by atoms with Gasteiger partial charge in [0.05, 0.1) is 16.0 Å². The zero-order valence-corrected chi connectivity index (χ0v) is 22.1. The fourth-order valence-corrected chi connectivity index (χ4v) is 8.39. The lowest BCUT2D eigenvalue weighted by molar-refractivity contribution is -0.200. The number of nitrogens with one attached hydrogen (secondary N) is 1. The molecule has 4 heterocycles. The standard InChI is InChI=1S/C22H28BrN3O6S2/c1-25-10-4-5-16(25)21(28)26-11-9-22(34(29,30)14-12-26,17-7-8-18(23)33-17)15-19(27)24-32-20-6-2-3-13-31-20/h4-5,7-8,10,20H,2-3,6,9,11-15H2,1H3,(H,24,27). The second-order valence-electron chi connectivity index (χ2n) is 8.58. The zero-order valence-electron chi connectivity index (χ0n) is 18.9. The molecule has 9 nitrogen and oxygen atoms in total. The van der Waals surface area contributed by atoms with Gasteiger partial charge in [-0.3, -0.25) is 9.59 Å². The van der Waals surface area contributed by atoms with Crippen molar-refractivity contribution in [3.63, 3.8) is 0 Å². The van der Waals surface area contributed by atoms with Crippen LogP contribution in [0.15, 0.2) is 34.2 Å². The van der Waals surface area contributed by atoms with Crippen LogP contribution in [-0.2, 0) is 36.0 Å². The van der Waals surface area contributed by atoms with Crippen LogP contribution >= 0.6 is 27.3 Å². The van der Waals surface area contributed by atoms with Gasteiger partial charge >= 0.3 is 0 Å². The maximum absolute atomic E-state index is 13.7. The van der Waals surface area contributed by atoms with E-state index >= 15 is 0 Å². The van der Waals surface area contributed by atoms with Crippen molar-refractivity contribution in [3.8, 4) is 0 Å². The lowest BCUT2D eigenvalue weighted by Gasteiger charge is -2.31. The lowest BCUT2D eigenvalue weighted by Crippen LogP contribution is -2.43. The molecule has 2 aliphatic heterocycles. The quantitative estimate of drug-likeness (QED) is 0.532. The number of hydrogen-bond donors (Lipinski definition) is 1. The summed E-state index contributed by atoms with van der Waals surface area (Å²) < 4.78 is 33.9. The van der Waals surface area contributed by atoms with Crippen molar-refractivity contribution >= 4 is 48.9 Å². The first-order valence-electron chi connectivity index (χ1n) is 11.2. The number of aryl methyl sites for hydroxylation is 1. The van der Waals surface area contributed by atoms with Gasteiger partial charge in [0.15, 0.2) is 16.1 Å². The summed E-state index contributed by atoms with van der Waals surface area (Å²) in [5, 5.41) is 0. The molecule has 0 saturated carbocycles. The largest absolute Gasteiger partial charge is 0.350 e. The van der Waals surface area contributed by atoms with E-state index in [0.29, 0.717) is 23.6 Å². The summed E-state index contributed by atoms with van der Waals surface area (Å²) >= 11 is 4.70. The number of sulfone groups is 1. The summed E-state index contributed by atoms with van der Waals surface area (Å²) in [6.07, 6.45) is 3.59. The van der Waals surface area contributed by atoms with Crippen LogP contribution in [0.3, 0.4) is 0 Å². The van der Waals surface area contributed by atoms with Gasteiger partial charge in [0.2, 0.25) is 5.91 Å². The van der Waals surface area contributed by atoms with Crippen molar-refractivity contribution in [1.82, 2.24) is 14.9 Å². The maximum Gasteiger partial charge on any atom is 0.270 e. The molecule has 34 heavy (non-hydrogen) atoms. The normalized spacial score (nSPS) is 25.0. The molecule has 2 aromatic heterocycles. The van der Waals surface area contributed by atoms with Gasteiger partial charge in [-0.15, -0.1) is 11.3 Å². The molecular weight excluding hydrogens is 546 g/mol. The fourth-order valence-electron chi connectivity index (χ4n) is 4.41. The lowest BCUT2D eigenvalue weighted by atomic mass is 9.97. The summed E-state index contributed by atoms with van der Waals surface area (Å²) in [5.41, 5.74) is 2.89. The van der Waals surface area contributed by atoms with Crippen LogP contribution in [0, 0.1) is 0 Å². The Bertz CT molecular complexity index is 1140. The number of thiophene rings is 1. The van der Waals surface area contributed by atoms with Gasteiger partial charge in [0.25, 0.3) is 5.91 Å². The smallest absolute Gasteiger partial charge is 0.270 e. The average molecular weight is 575 g/mol. The molecule has 2 aromatic rings. The molecule has 12 heteroatoms. The van der Waals surface area contributed by atoms with Crippen LogP contribution in [-0.4, -0.2) is 61.4 Å². The Morgan fingerprint density at radius 2 is 2.12 bits per heavy atom. The molecule has 0 aliphatic carbocycles. The Morgan fingerprint density at radius 3 is 2.76 bits per heavy atom. The predicted molar refractivity (Wildman–Crippen MR) is 131 cm³/mol. The fraction of sp³-hybridized carbons (Fsp3) is 0.545. The number of halogens is 1. The van der Waals surface area contributed by atoms with Crippen molar-refractivity contribution in [2.75, 3.05) is 25.4 Å². The third-order valence-electron chi connectivity index (χ3n) is 6.37. The molecule has 2 fully saturated rings. The van der Waals surface area contributed by atoms with Gasteiger partial charge in [0, 0.05) is 44.2 Å². The molecule has 0 aromatic carbocycles. The molecule has 2 unspecified atom stereocenters. The van der Waals surface area contributed by atoms with Crippen molar-refractivity contribution in [2.24, 2.45) is 7.05 Å². The highest BCUT2D eigenvalue weighted by Gasteiger charge is 2.50. The van der Waals surface area contributed by atoms with Crippen molar-refractivity contribution in [3.05, 3.63) is 44.8 Å². The first-order chi connectivity index (χ1) is 16.2. The zero-order chi connectivity index (χ0) is 24.3. The molecule has 186 valence electrons. The van der Waals surface area contributed by atoms with E-state index in [9.17, 15) is 18.0 Å². The minimum Gasteiger partial charge on any atom is -0.350 e. The van der Waals surface area contributed by atoms with E-state index < -0.39 is 26.8 Å². The van der Waals surface area contributed by atoms with E-state index in [2.05, 4.69) is 21.4 Å². The van der Waals surface area contributed by atoms with Crippen LogP contribution in [0.4, 0.5) is 0 Å². The van der Waals surface area contributed by atoms with Crippen molar-refractivity contribution in [1.29, 1.82) is 0 Å².